The Morgan fingerprint density at radius 1 is 1.04 bits per heavy atom. The first-order chi connectivity index (χ1) is 11.8. The first kappa shape index (κ1) is 16.9. The van der Waals surface area contributed by atoms with Gasteiger partial charge in [0.1, 0.15) is 0 Å². The number of anilines is 1. The molecule has 1 aromatic heterocycles. The minimum absolute atomic E-state index is 0. The second-order valence-corrected chi connectivity index (χ2v) is 8.80. The van der Waals surface area contributed by atoms with Crippen LogP contribution in [0.25, 0.3) is 22.2 Å². The first-order valence-electron chi connectivity index (χ1n) is 8.60. The van der Waals surface area contributed by atoms with Crippen LogP contribution < -0.4 is 14.7 Å². The molecule has 0 spiro atoms. The third kappa shape index (κ3) is 2.76. The summed E-state index contributed by atoms with van der Waals surface area (Å²) in [4.78, 5) is 2.54. The number of hydrogen-bond acceptors (Lipinski definition) is 3. The van der Waals surface area contributed by atoms with Crippen LogP contribution in [0.3, 0.4) is 0 Å². The van der Waals surface area contributed by atoms with Gasteiger partial charge in [-0.3, -0.25) is 0 Å². The molecule has 130 valence electrons. The molecular formula is C19H21ClN4Se. The van der Waals surface area contributed by atoms with Crippen molar-refractivity contribution in [3.63, 3.8) is 0 Å². The topological polar surface area (TPSA) is 47.1 Å². The van der Waals surface area contributed by atoms with E-state index in [1.807, 2.05) is 0 Å². The van der Waals surface area contributed by atoms with Crippen LogP contribution in [0.5, 0.6) is 0 Å². The summed E-state index contributed by atoms with van der Waals surface area (Å²) in [6.07, 6.45) is 2.67. The Morgan fingerprint density at radius 2 is 1.84 bits per heavy atom. The van der Waals surface area contributed by atoms with Gasteiger partial charge in [0.05, 0.1) is 0 Å². The fourth-order valence-corrected chi connectivity index (χ4v) is 6.20. The van der Waals surface area contributed by atoms with Crippen molar-refractivity contribution in [3.8, 4) is 11.3 Å². The molecule has 0 aliphatic carbocycles. The van der Waals surface area contributed by atoms with Gasteiger partial charge in [0.25, 0.3) is 0 Å². The monoisotopic (exact) mass is 420 g/mol. The van der Waals surface area contributed by atoms with Crippen molar-refractivity contribution in [2.24, 2.45) is 0 Å². The molecule has 0 atom stereocenters. The Hall–Kier alpha value is -1.52. The Morgan fingerprint density at radius 3 is 2.68 bits per heavy atom. The Labute approximate surface area is 159 Å². The van der Waals surface area contributed by atoms with E-state index in [1.54, 1.807) is 0 Å². The Bertz CT molecular complexity index is 931. The number of aromatic nitrogens is 2. The van der Waals surface area contributed by atoms with Crippen molar-refractivity contribution < 1.29 is 0 Å². The average Bonchev–Trinajstić information content (AvgIpc) is 3.24. The fourth-order valence-electron chi connectivity index (χ4n) is 3.83. The van der Waals surface area contributed by atoms with Crippen LogP contribution in [0.2, 0.25) is 0 Å². The summed E-state index contributed by atoms with van der Waals surface area (Å²) in [5.41, 5.74) is 10.9. The third-order valence-electron chi connectivity index (χ3n) is 5.08. The van der Waals surface area contributed by atoms with E-state index in [1.165, 1.54) is 51.3 Å². The number of halogens is 1. The molecule has 1 fully saturated rings. The van der Waals surface area contributed by atoms with Crippen molar-refractivity contribution in [1.82, 2.24) is 14.7 Å². The SMILES string of the molecule is Cl.Nc1ccc2c3c(nn2CCN2CCCC2)-c2ccccc2[Se]c13. The molecule has 0 bridgehead atoms. The van der Waals surface area contributed by atoms with Gasteiger partial charge >= 0.3 is 148 Å². The number of rotatable bonds is 3. The van der Waals surface area contributed by atoms with Gasteiger partial charge in [0.15, 0.2) is 0 Å². The van der Waals surface area contributed by atoms with Gasteiger partial charge in [-0.1, -0.05) is 0 Å². The number of nitrogen functional groups attached to an aromatic ring is 1. The maximum atomic E-state index is 6.31. The number of benzene rings is 2. The predicted molar refractivity (Wildman–Crippen MR) is 108 cm³/mol. The molecule has 1 saturated heterocycles. The standard InChI is InChI=1S/C19H20N4Se.ClH/c20-14-7-8-15-17-18(13-5-1-2-6-16(13)24-19(14)17)21-23(15)12-11-22-9-3-4-10-22;/h1-2,5-8H,3-4,9-12,20H2;1H. The number of hydrogen-bond donors (Lipinski definition) is 1. The van der Waals surface area contributed by atoms with Crippen LogP contribution in [0, 0.1) is 0 Å². The van der Waals surface area contributed by atoms with Crippen molar-refractivity contribution in [1.29, 1.82) is 0 Å². The summed E-state index contributed by atoms with van der Waals surface area (Å²) in [7, 11) is 0. The van der Waals surface area contributed by atoms with Crippen LogP contribution in [0.1, 0.15) is 12.8 Å². The molecule has 2 aliphatic rings. The quantitative estimate of drug-likeness (QED) is 0.407. The molecule has 2 aliphatic heterocycles. The summed E-state index contributed by atoms with van der Waals surface area (Å²) in [5.74, 6) is 0. The number of nitrogens with zero attached hydrogens (tertiary/aromatic N) is 3. The Kier molecular flexibility index (Phi) is 4.50. The normalized spacial score (nSPS) is 16.0. The molecule has 3 aromatic rings. The molecule has 0 unspecified atom stereocenters. The maximum absolute atomic E-state index is 6.31. The van der Waals surface area contributed by atoms with Gasteiger partial charge in [-0.25, -0.2) is 0 Å². The van der Waals surface area contributed by atoms with Crippen LogP contribution in [-0.2, 0) is 6.54 Å². The average molecular weight is 420 g/mol. The molecule has 0 radical (unpaired) electrons. The first-order valence-corrected chi connectivity index (χ1v) is 10.3. The molecule has 2 aromatic carbocycles. The fraction of sp³-hybridized carbons (Fsp3) is 0.316. The van der Waals surface area contributed by atoms with Crippen molar-refractivity contribution in [2.75, 3.05) is 25.4 Å². The number of fused-ring (bicyclic) bond motifs is 2. The summed E-state index contributed by atoms with van der Waals surface area (Å²) in [5, 5.41) is 6.29. The van der Waals surface area contributed by atoms with Gasteiger partial charge in [0.2, 0.25) is 0 Å². The van der Waals surface area contributed by atoms with Gasteiger partial charge in [-0.15, -0.1) is 12.4 Å². The van der Waals surface area contributed by atoms with Crippen molar-refractivity contribution >= 4 is 52.9 Å². The minimum atomic E-state index is 0. The molecule has 3 heterocycles. The molecule has 0 saturated carbocycles. The summed E-state index contributed by atoms with van der Waals surface area (Å²) < 4.78 is 4.90. The molecule has 5 rings (SSSR count). The molecule has 4 nitrogen and oxygen atoms in total. The van der Waals surface area contributed by atoms with Crippen molar-refractivity contribution in [3.05, 3.63) is 36.4 Å². The summed E-state index contributed by atoms with van der Waals surface area (Å²) in [6.45, 7) is 4.50. The number of nitrogens with two attached hydrogens (primary N) is 1. The van der Waals surface area contributed by atoms with Gasteiger partial charge in [-0.2, -0.15) is 0 Å². The predicted octanol–water partition coefficient (Wildman–Crippen LogP) is 1.77. The summed E-state index contributed by atoms with van der Waals surface area (Å²) in [6, 6.07) is 12.9. The van der Waals surface area contributed by atoms with Gasteiger partial charge < -0.3 is 0 Å². The zero-order chi connectivity index (χ0) is 16.1. The second-order valence-electron chi connectivity index (χ2n) is 6.60. The van der Waals surface area contributed by atoms with E-state index in [9.17, 15) is 0 Å². The third-order valence-corrected chi connectivity index (χ3v) is 7.64. The molecule has 0 amide bonds. The van der Waals surface area contributed by atoms with E-state index in [0.29, 0.717) is 0 Å². The summed E-state index contributed by atoms with van der Waals surface area (Å²) >= 11 is 0.260. The molecule has 2 N–H and O–H groups in total. The van der Waals surface area contributed by atoms with Gasteiger partial charge in [-0.05, 0) is 0 Å². The van der Waals surface area contributed by atoms with E-state index in [-0.39, 0.29) is 27.4 Å². The van der Waals surface area contributed by atoms with Crippen LogP contribution >= 0.6 is 12.4 Å². The van der Waals surface area contributed by atoms with Crippen molar-refractivity contribution in [2.45, 2.75) is 19.4 Å². The van der Waals surface area contributed by atoms with E-state index < -0.39 is 0 Å². The van der Waals surface area contributed by atoms with E-state index >= 15 is 0 Å². The number of likely N-dealkylation sites (tertiary alicyclic amines) is 1. The van der Waals surface area contributed by atoms with E-state index in [0.717, 1.165) is 24.5 Å². The van der Waals surface area contributed by atoms with Gasteiger partial charge in [0, 0.05) is 0 Å². The second kappa shape index (κ2) is 6.65. The zero-order valence-electron chi connectivity index (χ0n) is 13.9. The molecular weight excluding hydrogens is 399 g/mol. The molecule has 6 heteroatoms. The van der Waals surface area contributed by atoms with Crippen LogP contribution in [-0.4, -0.2) is 49.3 Å². The van der Waals surface area contributed by atoms with Crippen LogP contribution in [0.15, 0.2) is 36.4 Å². The van der Waals surface area contributed by atoms with E-state index in [4.69, 9.17) is 10.8 Å². The van der Waals surface area contributed by atoms with E-state index in [2.05, 4.69) is 46.0 Å². The Balaban J connectivity index is 0.00000157. The zero-order valence-corrected chi connectivity index (χ0v) is 16.5. The molecule has 25 heavy (non-hydrogen) atoms. The van der Waals surface area contributed by atoms with Crippen LogP contribution in [0.4, 0.5) is 5.69 Å².